The van der Waals surface area contributed by atoms with E-state index in [1.165, 1.54) is 28.8 Å². The lowest BCUT2D eigenvalue weighted by atomic mass is 9.85. The number of aliphatic hydroxyl groups excluding tert-OH is 1. The van der Waals surface area contributed by atoms with E-state index in [-0.39, 0.29) is 35.7 Å². The van der Waals surface area contributed by atoms with E-state index < -0.39 is 16.4 Å². The molecule has 38 heavy (non-hydrogen) atoms. The first-order chi connectivity index (χ1) is 18.2. The van der Waals surface area contributed by atoms with Crippen LogP contribution in [0, 0.1) is 11.8 Å². The van der Waals surface area contributed by atoms with Crippen LogP contribution in [0.5, 0.6) is 0 Å². The van der Waals surface area contributed by atoms with Crippen LogP contribution in [0.3, 0.4) is 0 Å². The molecular weight excluding hydrogens is 526 g/mol. The van der Waals surface area contributed by atoms with Crippen molar-refractivity contribution in [1.82, 2.24) is 9.97 Å². The van der Waals surface area contributed by atoms with Crippen molar-refractivity contribution in [2.24, 2.45) is 17.0 Å². The van der Waals surface area contributed by atoms with Gasteiger partial charge in [0.05, 0.1) is 35.5 Å². The minimum Gasteiger partial charge on any atom is -0.393 e. The number of hydrogen-bond acceptors (Lipinski definition) is 9. The molecule has 1 unspecified atom stereocenters. The Morgan fingerprint density at radius 3 is 2.87 bits per heavy atom. The molecule has 0 amide bonds. The van der Waals surface area contributed by atoms with E-state index in [2.05, 4.69) is 28.2 Å². The molecule has 3 aromatic rings. The van der Waals surface area contributed by atoms with Gasteiger partial charge >= 0.3 is 10.3 Å². The molecule has 0 saturated heterocycles. The van der Waals surface area contributed by atoms with Crippen molar-refractivity contribution in [2.45, 2.75) is 49.7 Å². The van der Waals surface area contributed by atoms with E-state index in [1.54, 1.807) is 6.20 Å². The van der Waals surface area contributed by atoms with E-state index >= 15 is 0 Å². The van der Waals surface area contributed by atoms with Crippen LogP contribution >= 0.6 is 11.3 Å². The topological polar surface area (TPSA) is 142 Å². The van der Waals surface area contributed by atoms with Crippen molar-refractivity contribution in [3.05, 3.63) is 81.1 Å². The van der Waals surface area contributed by atoms with Crippen LogP contribution in [-0.2, 0) is 31.1 Å². The van der Waals surface area contributed by atoms with Gasteiger partial charge in [0.2, 0.25) is 5.78 Å². The number of rotatable bonds is 8. The summed E-state index contributed by atoms with van der Waals surface area (Å²) in [6.07, 6.45) is 5.81. The van der Waals surface area contributed by atoms with Gasteiger partial charge in [-0.1, -0.05) is 24.3 Å². The summed E-state index contributed by atoms with van der Waals surface area (Å²) in [6, 6.07) is 10.4. The van der Waals surface area contributed by atoms with Gasteiger partial charge in [-0.25, -0.2) is 15.1 Å². The third-order valence-corrected chi connectivity index (χ3v) is 9.48. The highest BCUT2D eigenvalue weighted by atomic mass is 32.2. The Labute approximate surface area is 225 Å². The van der Waals surface area contributed by atoms with Crippen molar-refractivity contribution >= 4 is 27.4 Å². The van der Waals surface area contributed by atoms with Gasteiger partial charge in [0.15, 0.2) is 0 Å². The maximum Gasteiger partial charge on any atom is 0.333 e. The minimum atomic E-state index is -4.07. The molecule has 4 atom stereocenters. The second-order valence-electron chi connectivity index (χ2n) is 10.7. The molecule has 9 nitrogen and oxygen atoms in total. The number of benzene rings is 1. The quantitative estimate of drug-likeness (QED) is 0.404. The fraction of sp³-hybridized carbons (Fsp3) is 0.444. The number of carbonyl (C=O) groups excluding carboxylic acids is 1. The molecule has 0 radical (unpaired) electrons. The lowest BCUT2D eigenvalue weighted by molar-refractivity contribution is 0.0469. The molecular formula is C27H29N3O6S2. The Morgan fingerprint density at radius 1 is 1.26 bits per heavy atom. The van der Waals surface area contributed by atoms with Gasteiger partial charge in [-0.05, 0) is 66.2 Å². The van der Waals surface area contributed by atoms with Crippen LogP contribution in [-0.4, -0.2) is 48.6 Å². The summed E-state index contributed by atoms with van der Waals surface area (Å²) in [4.78, 5) is 22.7. The standard InChI is InChI=1S/C27H29N3O6S2/c28-38(33,34)36-12-17-7-16(9-23(17)31)8-22-20(11-29-15-30-22)25(32)24-10-18(13-37-24)26-19-3-1-2-4-21(19)27(5-6-27)14-35-26/h1-4,10-11,13,15-17,23,26,31H,5-9,12,14H2,(H2,28,33,34)/t16-,17+,23-,26?/m0/s1. The van der Waals surface area contributed by atoms with Crippen LogP contribution in [0.25, 0.3) is 0 Å². The van der Waals surface area contributed by atoms with Gasteiger partial charge < -0.3 is 9.84 Å². The van der Waals surface area contributed by atoms with E-state index in [0.717, 1.165) is 18.4 Å². The molecule has 1 spiro atoms. The molecule has 11 heteroatoms. The number of hydrogen-bond donors (Lipinski definition) is 2. The Morgan fingerprint density at radius 2 is 2.08 bits per heavy atom. The van der Waals surface area contributed by atoms with E-state index in [4.69, 9.17) is 14.1 Å². The number of thiophene rings is 1. The molecule has 200 valence electrons. The zero-order valence-corrected chi connectivity index (χ0v) is 22.3. The second kappa shape index (κ2) is 9.89. The molecule has 1 aliphatic heterocycles. The van der Waals surface area contributed by atoms with Crippen LogP contribution in [0.4, 0.5) is 0 Å². The number of ether oxygens (including phenoxy) is 1. The summed E-state index contributed by atoms with van der Waals surface area (Å²) in [6.45, 7) is 0.526. The number of nitrogens with two attached hydrogens (primary N) is 1. The molecule has 3 heterocycles. The van der Waals surface area contributed by atoms with E-state index in [1.807, 2.05) is 17.5 Å². The van der Waals surface area contributed by atoms with Crippen LogP contribution in [0.1, 0.15) is 69.4 Å². The maximum atomic E-state index is 13.6. The minimum absolute atomic E-state index is 0.0151. The first kappa shape index (κ1) is 25.7. The lowest BCUT2D eigenvalue weighted by Gasteiger charge is -2.32. The number of fused-ring (bicyclic) bond motifs is 2. The van der Waals surface area contributed by atoms with Crippen molar-refractivity contribution < 1.29 is 27.2 Å². The summed E-state index contributed by atoms with van der Waals surface area (Å²) in [5.41, 5.74) is 4.71. The predicted octanol–water partition coefficient (Wildman–Crippen LogP) is 3.07. The largest absolute Gasteiger partial charge is 0.393 e. The SMILES string of the molecule is NS(=O)(=O)OC[C@H]1C[C@@H](Cc2ncncc2C(=O)c2cc(C3OCC4(CC4)c4ccccc43)cs2)C[C@@H]1O. The highest BCUT2D eigenvalue weighted by Crippen LogP contribution is 2.55. The summed E-state index contributed by atoms with van der Waals surface area (Å²) >= 11 is 1.39. The zero-order valence-electron chi connectivity index (χ0n) is 20.7. The summed E-state index contributed by atoms with van der Waals surface area (Å²) in [5.74, 6) is -0.485. The van der Waals surface area contributed by atoms with Crippen LogP contribution < -0.4 is 5.14 Å². The zero-order chi connectivity index (χ0) is 26.5. The molecule has 3 N–H and O–H groups in total. The van der Waals surface area contributed by atoms with Crippen LogP contribution in [0.2, 0.25) is 0 Å². The Kier molecular flexibility index (Phi) is 6.69. The fourth-order valence-corrected chi connectivity index (χ4v) is 7.16. The molecule has 2 fully saturated rings. The first-order valence-electron chi connectivity index (χ1n) is 12.7. The van der Waals surface area contributed by atoms with Gasteiger partial charge in [-0.2, -0.15) is 8.42 Å². The van der Waals surface area contributed by atoms with Gasteiger partial charge in [0.25, 0.3) is 0 Å². The van der Waals surface area contributed by atoms with Crippen molar-refractivity contribution in [3.63, 3.8) is 0 Å². The van der Waals surface area contributed by atoms with Crippen molar-refractivity contribution in [3.8, 4) is 0 Å². The average molecular weight is 556 g/mol. The third kappa shape index (κ3) is 5.06. The highest BCUT2D eigenvalue weighted by Gasteiger charge is 2.49. The molecule has 2 aromatic heterocycles. The monoisotopic (exact) mass is 555 g/mol. The Balaban J connectivity index is 1.18. The molecule has 2 saturated carbocycles. The summed E-state index contributed by atoms with van der Waals surface area (Å²) in [7, 11) is -4.07. The Hall–Kier alpha value is -2.54. The maximum absolute atomic E-state index is 13.6. The number of aromatic nitrogens is 2. The third-order valence-electron chi connectivity index (χ3n) is 8.06. The van der Waals surface area contributed by atoms with Gasteiger partial charge in [-0.15, -0.1) is 11.3 Å². The highest BCUT2D eigenvalue weighted by molar-refractivity contribution is 7.84. The second-order valence-corrected chi connectivity index (χ2v) is 12.8. The number of nitrogens with zero attached hydrogens (tertiary/aromatic N) is 2. The van der Waals surface area contributed by atoms with Crippen molar-refractivity contribution in [2.75, 3.05) is 13.2 Å². The molecule has 6 rings (SSSR count). The Bertz CT molecular complexity index is 1470. The fourth-order valence-electron chi connectivity index (χ4n) is 5.92. The number of ketones is 1. The smallest absolute Gasteiger partial charge is 0.333 e. The molecule has 0 bridgehead atoms. The van der Waals surface area contributed by atoms with Gasteiger partial charge in [-0.3, -0.25) is 8.98 Å². The average Bonchev–Trinajstić information content (AvgIpc) is 3.34. The first-order valence-corrected chi connectivity index (χ1v) is 15.1. The number of carbonyl (C=O) groups is 1. The predicted molar refractivity (Wildman–Crippen MR) is 140 cm³/mol. The number of aliphatic hydroxyl groups is 1. The molecule has 3 aliphatic rings. The normalized spacial score (nSPS) is 25.8. The van der Waals surface area contributed by atoms with Crippen molar-refractivity contribution in [1.29, 1.82) is 0 Å². The molecule has 1 aromatic carbocycles. The van der Waals surface area contributed by atoms with E-state index in [0.29, 0.717) is 42.0 Å². The lowest BCUT2D eigenvalue weighted by Crippen LogP contribution is -2.26. The molecule has 2 aliphatic carbocycles. The summed E-state index contributed by atoms with van der Waals surface area (Å²) in [5, 5.41) is 17.3. The van der Waals surface area contributed by atoms with E-state index in [9.17, 15) is 18.3 Å². The van der Waals surface area contributed by atoms with Gasteiger partial charge in [0, 0.05) is 17.5 Å². The van der Waals surface area contributed by atoms with Crippen LogP contribution in [0.15, 0.2) is 48.2 Å². The summed E-state index contributed by atoms with van der Waals surface area (Å²) < 4.78 is 33.3. The van der Waals surface area contributed by atoms with Gasteiger partial charge in [0.1, 0.15) is 12.4 Å².